The molecule has 0 saturated carbocycles. The van der Waals surface area contributed by atoms with Crippen molar-refractivity contribution in [3.8, 4) is 0 Å². The van der Waals surface area contributed by atoms with E-state index in [1.807, 2.05) is 37.3 Å². The quantitative estimate of drug-likeness (QED) is 0.718. The minimum atomic E-state index is -0.737. The molecule has 0 aromatic heterocycles. The lowest BCUT2D eigenvalue weighted by Gasteiger charge is -2.30. The van der Waals surface area contributed by atoms with Crippen LogP contribution < -0.4 is 20.9 Å². The van der Waals surface area contributed by atoms with Gasteiger partial charge in [-0.25, -0.2) is 4.79 Å². The third kappa shape index (κ3) is 4.68. The molecule has 28 heavy (non-hydrogen) atoms. The molecular weight excluding hydrogens is 356 g/mol. The molecule has 146 valence electrons. The fourth-order valence-corrected chi connectivity index (χ4v) is 3.07. The molecule has 3 N–H and O–H groups in total. The number of hydrogen-bond acceptors (Lipinski definition) is 3. The van der Waals surface area contributed by atoms with Crippen molar-refractivity contribution in [2.45, 2.75) is 25.8 Å². The lowest BCUT2D eigenvalue weighted by Crippen LogP contribution is -2.54. The van der Waals surface area contributed by atoms with Gasteiger partial charge in [-0.2, -0.15) is 0 Å². The molecule has 0 radical (unpaired) electrons. The molecule has 4 amide bonds. The molecule has 7 nitrogen and oxygen atoms in total. The van der Waals surface area contributed by atoms with Gasteiger partial charge in [0.25, 0.3) is 0 Å². The molecule has 2 aromatic rings. The maximum absolute atomic E-state index is 12.9. The van der Waals surface area contributed by atoms with Gasteiger partial charge in [-0.3, -0.25) is 14.5 Å². The lowest BCUT2D eigenvalue weighted by molar-refractivity contribution is -0.122. The second-order valence-electron chi connectivity index (χ2n) is 6.63. The Morgan fingerprint density at radius 2 is 1.82 bits per heavy atom. The Bertz CT molecular complexity index is 854. The fraction of sp³-hybridized carbons (Fsp3) is 0.286. The Morgan fingerprint density at radius 3 is 2.57 bits per heavy atom. The Hall–Kier alpha value is -3.35. The summed E-state index contributed by atoms with van der Waals surface area (Å²) in [5.74, 6) is -0.516. The summed E-state index contributed by atoms with van der Waals surface area (Å²) in [6, 6.07) is 15.4. The average molecular weight is 380 g/mol. The molecule has 2 aromatic carbocycles. The van der Waals surface area contributed by atoms with E-state index < -0.39 is 12.1 Å². The summed E-state index contributed by atoms with van der Waals surface area (Å²) in [6.07, 6.45) is 1.17. The number of fused-ring (bicyclic) bond motifs is 1. The molecule has 1 aliphatic heterocycles. The summed E-state index contributed by atoms with van der Waals surface area (Å²) in [5.41, 5.74) is 2.12. The molecule has 0 bridgehead atoms. The summed E-state index contributed by atoms with van der Waals surface area (Å²) in [4.78, 5) is 38.9. The molecule has 1 heterocycles. The Balaban J connectivity index is 1.78. The van der Waals surface area contributed by atoms with Crippen LogP contribution in [0.25, 0.3) is 0 Å². The SMILES string of the molecule is CCCNC(=O)C(Cc1ccccc1)NC(=O)N1CC(=O)Nc2ccccc21. The molecule has 1 unspecified atom stereocenters. The van der Waals surface area contributed by atoms with E-state index in [0.717, 1.165) is 12.0 Å². The van der Waals surface area contributed by atoms with E-state index in [1.54, 1.807) is 24.3 Å². The highest BCUT2D eigenvalue weighted by Crippen LogP contribution is 2.28. The number of para-hydroxylation sites is 2. The number of carbonyl (C=O) groups is 3. The first-order valence-electron chi connectivity index (χ1n) is 9.37. The first kappa shape index (κ1) is 19.4. The molecule has 0 aliphatic carbocycles. The van der Waals surface area contributed by atoms with Gasteiger partial charge in [-0.15, -0.1) is 0 Å². The largest absolute Gasteiger partial charge is 0.354 e. The Kier molecular flexibility index (Phi) is 6.26. The number of benzene rings is 2. The lowest BCUT2D eigenvalue weighted by atomic mass is 10.1. The standard InChI is InChI=1S/C21H24N4O3/c1-2-12-22-20(27)17(13-15-8-4-3-5-9-15)24-21(28)25-14-19(26)23-16-10-6-7-11-18(16)25/h3-11,17H,2,12-14H2,1H3,(H,22,27)(H,23,26)(H,24,28). The van der Waals surface area contributed by atoms with Gasteiger partial charge in [0.05, 0.1) is 11.4 Å². The Labute approximate surface area is 164 Å². The highest BCUT2D eigenvalue weighted by Gasteiger charge is 2.29. The number of rotatable bonds is 6. The van der Waals surface area contributed by atoms with Gasteiger partial charge >= 0.3 is 6.03 Å². The predicted octanol–water partition coefficient (Wildman–Crippen LogP) is 2.29. The summed E-state index contributed by atoms with van der Waals surface area (Å²) < 4.78 is 0. The number of urea groups is 1. The van der Waals surface area contributed by atoms with Crippen LogP contribution in [0.4, 0.5) is 16.2 Å². The van der Waals surface area contributed by atoms with Crippen molar-refractivity contribution < 1.29 is 14.4 Å². The van der Waals surface area contributed by atoms with Crippen LogP contribution in [-0.4, -0.2) is 37.0 Å². The molecule has 0 fully saturated rings. The summed E-state index contributed by atoms with van der Waals surface area (Å²) in [5, 5.41) is 8.39. The smallest absolute Gasteiger partial charge is 0.323 e. The van der Waals surface area contributed by atoms with Crippen molar-refractivity contribution in [2.75, 3.05) is 23.3 Å². The third-order valence-electron chi connectivity index (χ3n) is 4.46. The second-order valence-corrected chi connectivity index (χ2v) is 6.63. The highest BCUT2D eigenvalue weighted by molar-refractivity contribution is 6.10. The van der Waals surface area contributed by atoms with Crippen LogP contribution in [0, 0.1) is 0 Å². The van der Waals surface area contributed by atoms with Gasteiger partial charge in [-0.1, -0.05) is 49.4 Å². The zero-order chi connectivity index (χ0) is 19.9. The molecule has 3 rings (SSSR count). The fourth-order valence-electron chi connectivity index (χ4n) is 3.07. The number of amides is 4. The van der Waals surface area contributed by atoms with Crippen molar-refractivity contribution in [3.63, 3.8) is 0 Å². The van der Waals surface area contributed by atoms with Crippen LogP contribution in [-0.2, 0) is 16.0 Å². The molecule has 1 atom stereocenters. The zero-order valence-electron chi connectivity index (χ0n) is 15.8. The third-order valence-corrected chi connectivity index (χ3v) is 4.46. The van der Waals surface area contributed by atoms with Crippen LogP contribution in [0.2, 0.25) is 0 Å². The zero-order valence-corrected chi connectivity index (χ0v) is 15.8. The minimum Gasteiger partial charge on any atom is -0.354 e. The van der Waals surface area contributed by atoms with E-state index in [-0.39, 0.29) is 18.4 Å². The molecule has 0 spiro atoms. The van der Waals surface area contributed by atoms with E-state index in [2.05, 4.69) is 16.0 Å². The number of nitrogens with zero attached hydrogens (tertiary/aromatic N) is 1. The predicted molar refractivity (Wildman–Crippen MR) is 108 cm³/mol. The second kappa shape index (κ2) is 9.03. The topological polar surface area (TPSA) is 90.5 Å². The summed E-state index contributed by atoms with van der Waals surface area (Å²) >= 11 is 0. The first-order chi connectivity index (χ1) is 13.6. The van der Waals surface area contributed by atoms with Gasteiger partial charge in [0.15, 0.2) is 0 Å². The van der Waals surface area contributed by atoms with Crippen LogP contribution in [0.15, 0.2) is 54.6 Å². The van der Waals surface area contributed by atoms with E-state index in [1.165, 1.54) is 4.90 Å². The maximum Gasteiger partial charge on any atom is 0.323 e. The van der Waals surface area contributed by atoms with Crippen LogP contribution >= 0.6 is 0 Å². The summed E-state index contributed by atoms with van der Waals surface area (Å²) in [6.45, 7) is 2.40. The minimum absolute atomic E-state index is 0.0997. The molecule has 7 heteroatoms. The van der Waals surface area contributed by atoms with Crippen molar-refractivity contribution >= 4 is 29.2 Å². The Morgan fingerprint density at radius 1 is 1.11 bits per heavy atom. The van der Waals surface area contributed by atoms with Gasteiger partial charge < -0.3 is 16.0 Å². The van der Waals surface area contributed by atoms with E-state index in [4.69, 9.17) is 0 Å². The maximum atomic E-state index is 12.9. The summed E-state index contributed by atoms with van der Waals surface area (Å²) in [7, 11) is 0. The number of hydrogen-bond donors (Lipinski definition) is 3. The van der Waals surface area contributed by atoms with Crippen LogP contribution in [0.5, 0.6) is 0 Å². The normalized spacial score (nSPS) is 13.9. The number of carbonyl (C=O) groups excluding carboxylic acids is 3. The van der Waals surface area contributed by atoms with Crippen molar-refractivity contribution in [3.05, 3.63) is 60.2 Å². The van der Waals surface area contributed by atoms with Gasteiger partial charge in [0.2, 0.25) is 11.8 Å². The first-order valence-corrected chi connectivity index (χ1v) is 9.37. The molecule has 0 saturated heterocycles. The van der Waals surface area contributed by atoms with Gasteiger partial charge in [0.1, 0.15) is 12.6 Å². The van der Waals surface area contributed by atoms with Crippen LogP contribution in [0.1, 0.15) is 18.9 Å². The number of anilines is 2. The van der Waals surface area contributed by atoms with E-state index in [0.29, 0.717) is 24.3 Å². The van der Waals surface area contributed by atoms with E-state index >= 15 is 0 Å². The highest BCUT2D eigenvalue weighted by atomic mass is 16.2. The monoisotopic (exact) mass is 380 g/mol. The van der Waals surface area contributed by atoms with E-state index in [9.17, 15) is 14.4 Å². The number of nitrogens with one attached hydrogen (secondary N) is 3. The van der Waals surface area contributed by atoms with Gasteiger partial charge in [-0.05, 0) is 24.1 Å². The molecule has 1 aliphatic rings. The van der Waals surface area contributed by atoms with Crippen LogP contribution in [0.3, 0.4) is 0 Å². The van der Waals surface area contributed by atoms with Crippen molar-refractivity contribution in [2.24, 2.45) is 0 Å². The molecular formula is C21H24N4O3. The average Bonchev–Trinajstić information content (AvgIpc) is 2.71. The van der Waals surface area contributed by atoms with Crippen molar-refractivity contribution in [1.29, 1.82) is 0 Å². The van der Waals surface area contributed by atoms with Gasteiger partial charge in [0, 0.05) is 13.0 Å². The van der Waals surface area contributed by atoms with Crippen molar-refractivity contribution in [1.82, 2.24) is 10.6 Å².